The lowest BCUT2D eigenvalue weighted by atomic mass is 10.1. The number of aromatic nitrogens is 4. The van der Waals surface area contributed by atoms with E-state index in [9.17, 15) is 39.9 Å². The maximum atomic E-state index is 14.0. The Labute approximate surface area is 187 Å². The molecule has 1 atom stereocenters. The SMILES string of the molecule is Cc1nn(Cc2c(F)c(F)c(F)c(F)c2F)c(C)c1NC(=O)C(C)n1nc(C(F)(F)F)cc1C. The number of nitrogens with zero attached hydrogens (tertiary/aromatic N) is 4. The molecule has 0 bridgehead atoms. The number of anilines is 1. The normalized spacial score (nSPS) is 12.8. The van der Waals surface area contributed by atoms with Crippen molar-refractivity contribution in [3.8, 4) is 0 Å². The van der Waals surface area contributed by atoms with Crippen LogP contribution in [0.5, 0.6) is 0 Å². The number of nitrogens with one attached hydrogen (secondary N) is 1. The van der Waals surface area contributed by atoms with Crippen LogP contribution in [-0.2, 0) is 17.5 Å². The molecule has 0 aliphatic heterocycles. The first-order valence-electron chi connectivity index (χ1n) is 9.63. The summed E-state index contributed by atoms with van der Waals surface area (Å²) in [5, 5.41) is 9.84. The van der Waals surface area contributed by atoms with Crippen LogP contribution in [0.1, 0.15) is 41.3 Å². The van der Waals surface area contributed by atoms with Gasteiger partial charge in [0.05, 0.1) is 29.2 Å². The lowest BCUT2D eigenvalue weighted by Gasteiger charge is -2.15. The molecule has 2 aromatic heterocycles. The minimum absolute atomic E-state index is 0.0570. The van der Waals surface area contributed by atoms with E-state index in [-0.39, 0.29) is 22.8 Å². The molecule has 0 spiro atoms. The van der Waals surface area contributed by atoms with Crippen LogP contribution in [0.15, 0.2) is 6.07 Å². The second-order valence-electron chi connectivity index (χ2n) is 7.53. The van der Waals surface area contributed by atoms with Gasteiger partial charge in [-0.25, -0.2) is 22.0 Å². The maximum absolute atomic E-state index is 14.0. The van der Waals surface area contributed by atoms with Crippen molar-refractivity contribution in [2.45, 2.75) is 46.5 Å². The third-order valence-electron chi connectivity index (χ3n) is 5.20. The van der Waals surface area contributed by atoms with E-state index in [0.717, 1.165) is 15.4 Å². The van der Waals surface area contributed by atoms with Gasteiger partial charge in [-0.15, -0.1) is 0 Å². The molecule has 1 aromatic carbocycles. The third-order valence-corrected chi connectivity index (χ3v) is 5.20. The molecule has 3 aromatic rings. The number of rotatable bonds is 5. The summed E-state index contributed by atoms with van der Waals surface area (Å²) >= 11 is 0. The second kappa shape index (κ2) is 8.72. The highest BCUT2D eigenvalue weighted by Gasteiger charge is 2.35. The molecule has 0 fully saturated rings. The van der Waals surface area contributed by atoms with E-state index in [0.29, 0.717) is 0 Å². The number of benzene rings is 1. The van der Waals surface area contributed by atoms with E-state index < -0.39 is 65.0 Å². The Morgan fingerprint density at radius 1 is 0.971 bits per heavy atom. The summed E-state index contributed by atoms with van der Waals surface area (Å²) < 4.78 is 109. The molecule has 34 heavy (non-hydrogen) atoms. The average molecular weight is 495 g/mol. The number of hydrogen-bond acceptors (Lipinski definition) is 3. The first kappa shape index (κ1) is 25.2. The van der Waals surface area contributed by atoms with Crippen LogP contribution in [0.25, 0.3) is 0 Å². The monoisotopic (exact) mass is 495 g/mol. The summed E-state index contributed by atoms with van der Waals surface area (Å²) in [5.74, 6) is -11.3. The summed E-state index contributed by atoms with van der Waals surface area (Å²) in [6.07, 6.45) is -4.70. The number of alkyl halides is 3. The van der Waals surface area contributed by atoms with E-state index in [2.05, 4.69) is 15.5 Å². The molecule has 184 valence electrons. The Kier molecular flexibility index (Phi) is 6.46. The minimum Gasteiger partial charge on any atom is -0.321 e. The van der Waals surface area contributed by atoms with Gasteiger partial charge in [0.25, 0.3) is 0 Å². The van der Waals surface area contributed by atoms with Gasteiger partial charge in [-0.3, -0.25) is 14.2 Å². The topological polar surface area (TPSA) is 64.7 Å². The first-order chi connectivity index (χ1) is 15.6. The Morgan fingerprint density at radius 2 is 1.50 bits per heavy atom. The molecule has 1 unspecified atom stereocenters. The van der Waals surface area contributed by atoms with Crippen molar-refractivity contribution in [3.05, 3.63) is 63.5 Å². The molecule has 0 saturated heterocycles. The zero-order valence-electron chi connectivity index (χ0n) is 18.1. The van der Waals surface area contributed by atoms with Gasteiger partial charge in [0.1, 0.15) is 6.04 Å². The molecular weight excluding hydrogens is 478 g/mol. The van der Waals surface area contributed by atoms with Gasteiger partial charge in [0.15, 0.2) is 29.0 Å². The van der Waals surface area contributed by atoms with E-state index in [1.807, 2.05) is 0 Å². The van der Waals surface area contributed by atoms with Crippen molar-refractivity contribution >= 4 is 11.6 Å². The summed E-state index contributed by atoms with van der Waals surface area (Å²) in [5.41, 5.74) is -1.93. The summed E-state index contributed by atoms with van der Waals surface area (Å²) in [7, 11) is 0. The van der Waals surface area contributed by atoms with Gasteiger partial charge in [0.2, 0.25) is 11.7 Å². The van der Waals surface area contributed by atoms with Crippen LogP contribution in [0.3, 0.4) is 0 Å². The van der Waals surface area contributed by atoms with Crippen molar-refractivity contribution in [1.29, 1.82) is 0 Å². The fraction of sp³-hybridized carbons (Fsp3) is 0.350. The molecule has 3 rings (SSSR count). The molecule has 6 nitrogen and oxygen atoms in total. The van der Waals surface area contributed by atoms with Crippen LogP contribution in [-0.4, -0.2) is 25.5 Å². The predicted molar refractivity (Wildman–Crippen MR) is 102 cm³/mol. The highest BCUT2D eigenvalue weighted by Crippen LogP contribution is 2.30. The average Bonchev–Trinajstić information content (AvgIpc) is 3.28. The lowest BCUT2D eigenvalue weighted by Crippen LogP contribution is -2.26. The number of carbonyl (C=O) groups is 1. The van der Waals surface area contributed by atoms with Gasteiger partial charge in [0, 0.05) is 5.69 Å². The highest BCUT2D eigenvalue weighted by molar-refractivity contribution is 5.94. The smallest absolute Gasteiger partial charge is 0.321 e. The van der Waals surface area contributed by atoms with Crippen molar-refractivity contribution in [1.82, 2.24) is 19.6 Å². The number of carbonyl (C=O) groups excluding carboxylic acids is 1. The van der Waals surface area contributed by atoms with Crippen LogP contribution in [0, 0.1) is 49.9 Å². The largest absolute Gasteiger partial charge is 0.435 e. The van der Waals surface area contributed by atoms with E-state index in [1.54, 1.807) is 0 Å². The van der Waals surface area contributed by atoms with Gasteiger partial charge in [-0.1, -0.05) is 0 Å². The van der Waals surface area contributed by atoms with Crippen LogP contribution in [0.4, 0.5) is 40.8 Å². The van der Waals surface area contributed by atoms with Gasteiger partial charge in [-0.2, -0.15) is 23.4 Å². The molecule has 1 N–H and O–H groups in total. The van der Waals surface area contributed by atoms with E-state index in [1.165, 1.54) is 27.7 Å². The van der Waals surface area contributed by atoms with Gasteiger partial charge < -0.3 is 5.32 Å². The number of hydrogen-bond donors (Lipinski definition) is 1. The number of halogens is 8. The molecule has 0 radical (unpaired) electrons. The van der Waals surface area contributed by atoms with Gasteiger partial charge >= 0.3 is 6.18 Å². The molecule has 14 heteroatoms. The van der Waals surface area contributed by atoms with Crippen molar-refractivity contribution in [2.24, 2.45) is 0 Å². The van der Waals surface area contributed by atoms with E-state index in [4.69, 9.17) is 0 Å². The van der Waals surface area contributed by atoms with Crippen molar-refractivity contribution in [3.63, 3.8) is 0 Å². The Hall–Kier alpha value is -3.45. The summed E-state index contributed by atoms with van der Waals surface area (Å²) in [6, 6.07) is -0.407. The Balaban J connectivity index is 1.89. The Bertz CT molecular complexity index is 1250. The fourth-order valence-electron chi connectivity index (χ4n) is 3.33. The minimum atomic E-state index is -4.70. The zero-order chi connectivity index (χ0) is 25.7. The van der Waals surface area contributed by atoms with Crippen LogP contribution in [0.2, 0.25) is 0 Å². The lowest BCUT2D eigenvalue weighted by molar-refractivity contribution is -0.141. The van der Waals surface area contributed by atoms with Gasteiger partial charge in [-0.05, 0) is 33.8 Å². The van der Waals surface area contributed by atoms with Crippen LogP contribution < -0.4 is 5.32 Å². The second-order valence-corrected chi connectivity index (χ2v) is 7.53. The molecule has 1 amide bonds. The summed E-state index contributed by atoms with van der Waals surface area (Å²) in [6.45, 7) is 4.58. The number of amides is 1. The fourth-order valence-corrected chi connectivity index (χ4v) is 3.33. The zero-order valence-corrected chi connectivity index (χ0v) is 18.1. The molecule has 0 aliphatic rings. The number of aryl methyl sites for hydroxylation is 2. The van der Waals surface area contributed by atoms with E-state index >= 15 is 0 Å². The molecule has 0 aliphatic carbocycles. The third kappa shape index (κ3) is 4.35. The standard InChI is InChI=1S/C20H17F8N5O/c1-7-5-12(20(26,27)28)31-33(7)10(4)19(34)29-18-8(2)30-32(9(18)3)6-11-13(21)15(23)17(25)16(24)14(11)22/h5,10H,6H2,1-4H3,(H,29,34). The molecule has 2 heterocycles. The first-order valence-corrected chi connectivity index (χ1v) is 9.63. The van der Waals surface area contributed by atoms with Crippen molar-refractivity contribution < 1.29 is 39.9 Å². The maximum Gasteiger partial charge on any atom is 0.435 e. The Morgan fingerprint density at radius 3 is 2.00 bits per heavy atom. The van der Waals surface area contributed by atoms with Crippen molar-refractivity contribution in [2.75, 3.05) is 5.32 Å². The molecule has 0 saturated carbocycles. The quantitative estimate of drug-likeness (QED) is 0.309. The summed E-state index contributed by atoms with van der Waals surface area (Å²) in [4.78, 5) is 12.7. The predicted octanol–water partition coefficient (Wildman–Crippen LogP) is 4.97. The highest BCUT2D eigenvalue weighted by atomic mass is 19.4. The van der Waals surface area contributed by atoms with Crippen LogP contribution >= 0.6 is 0 Å². The molecular formula is C20H17F8N5O.